The molecule has 0 amide bonds. The maximum absolute atomic E-state index is 9.19. The van der Waals surface area contributed by atoms with Gasteiger partial charge in [0.2, 0.25) is 6.41 Å². The van der Waals surface area contributed by atoms with Gasteiger partial charge in [-0.3, -0.25) is 4.90 Å². The van der Waals surface area contributed by atoms with Gasteiger partial charge in [-0.25, -0.2) is 0 Å². The van der Waals surface area contributed by atoms with Crippen molar-refractivity contribution in [3.05, 3.63) is 0 Å². The third-order valence-corrected chi connectivity index (χ3v) is 1.11. The summed E-state index contributed by atoms with van der Waals surface area (Å²) in [6, 6.07) is 0. The van der Waals surface area contributed by atoms with Gasteiger partial charge in [-0.15, -0.1) is 0 Å². The maximum atomic E-state index is 9.19. The number of nitrogens with zero attached hydrogens (tertiary/aromatic N) is 1. The highest BCUT2D eigenvalue weighted by Gasteiger charge is 2.14. The molecule has 0 aliphatic heterocycles. The van der Waals surface area contributed by atoms with Crippen LogP contribution in [0.1, 0.15) is 20.8 Å². The van der Waals surface area contributed by atoms with Crippen molar-refractivity contribution < 1.29 is 9.84 Å². The molecule has 1 N–H and O–H groups in total. The molecule has 0 bridgehead atoms. The van der Waals surface area contributed by atoms with Crippen molar-refractivity contribution in [1.82, 2.24) is 4.90 Å². The van der Waals surface area contributed by atoms with Crippen molar-refractivity contribution in [2.45, 2.75) is 27.2 Å². The van der Waals surface area contributed by atoms with Crippen molar-refractivity contribution in [1.29, 1.82) is 0 Å². The van der Waals surface area contributed by atoms with Crippen LogP contribution in [0.25, 0.3) is 0 Å². The van der Waals surface area contributed by atoms with Gasteiger partial charge in [-0.2, -0.15) is 0 Å². The van der Waals surface area contributed by atoms with Crippen molar-refractivity contribution >= 4 is 0 Å². The van der Waals surface area contributed by atoms with Crippen LogP contribution in [0.2, 0.25) is 0 Å². The molecule has 0 saturated carbocycles. The average Bonchev–Trinajstić information content (AvgIpc) is 1.80. The minimum atomic E-state index is -0.783. The summed E-state index contributed by atoms with van der Waals surface area (Å²) in [5, 5.41) is 9.19. The van der Waals surface area contributed by atoms with Gasteiger partial charge in [0.15, 0.2) is 0 Å². The summed E-state index contributed by atoms with van der Waals surface area (Å²) in [6.45, 7) is 6.76. The Morgan fingerprint density at radius 1 is 1.36 bits per heavy atom. The van der Waals surface area contributed by atoms with E-state index >= 15 is 0 Å². The highest BCUT2D eigenvalue weighted by atomic mass is 16.6. The van der Waals surface area contributed by atoms with E-state index in [1.54, 1.807) is 19.0 Å². The van der Waals surface area contributed by atoms with Gasteiger partial charge in [0, 0.05) is 0 Å². The molecule has 0 aromatic carbocycles. The number of hydrogen-bond donors (Lipinski definition) is 1. The minimum Gasteiger partial charge on any atom is -0.356 e. The second-order valence-corrected chi connectivity index (χ2v) is 4.16. The first kappa shape index (κ1) is 10.9. The van der Waals surface area contributed by atoms with E-state index < -0.39 is 6.41 Å². The molecule has 68 valence electrons. The molecule has 0 aliphatic rings. The highest BCUT2D eigenvalue weighted by Crippen LogP contribution is 2.13. The Hall–Kier alpha value is -0.120. The van der Waals surface area contributed by atoms with E-state index in [1.165, 1.54) is 0 Å². The Kier molecular flexibility index (Phi) is 4.00. The van der Waals surface area contributed by atoms with E-state index in [0.29, 0.717) is 6.61 Å². The molecule has 0 spiro atoms. The Bertz CT molecular complexity index is 107. The van der Waals surface area contributed by atoms with Gasteiger partial charge in [0.05, 0.1) is 6.61 Å². The number of hydrogen-bond acceptors (Lipinski definition) is 3. The van der Waals surface area contributed by atoms with Crippen molar-refractivity contribution in [2.24, 2.45) is 5.41 Å². The lowest BCUT2D eigenvalue weighted by molar-refractivity contribution is -0.189. The van der Waals surface area contributed by atoms with Gasteiger partial charge in [0.25, 0.3) is 0 Å². The van der Waals surface area contributed by atoms with Crippen molar-refractivity contribution in [3.8, 4) is 0 Å². The molecule has 3 heteroatoms. The van der Waals surface area contributed by atoms with E-state index in [2.05, 4.69) is 20.8 Å². The molecule has 0 aromatic heterocycles. The Balaban J connectivity index is 3.54. The number of ether oxygens (including phenoxy) is 1. The summed E-state index contributed by atoms with van der Waals surface area (Å²) < 4.78 is 5.15. The second-order valence-electron chi connectivity index (χ2n) is 4.16. The molecule has 0 heterocycles. The van der Waals surface area contributed by atoms with Crippen LogP contribution < -0.4 is 0 Å². The molecule has 1 atom stereocenters. The van der Waals surface area contributed by atoms with Crippen LogP contribution in [-0.2, 0) is 4.74 Å². The highest BCUT2D eigenvalue weighted by molar-refractivity contribution is 4.58. The van der Waals surface area contributed by atoms with E-state index in [0.717, 1.165) is 0 Å². The van der Waals surface area contributed by atoms with Crippen LogP contribution >= 0.6 is 0 Å². The van der Waals surface area contributed by atoms with Crippen LogP contribution in [0.5, 0.6) is 0 Å². The van der Waals surface area contributed by atoms with Crippen molar-refractivity contribution in [3.63, 3.8) is 0 Å². The average molecular weight is 161 g/mol. The Morgan fingerprint density at radius 2 is 1.82 bits per heavy atom. The number of rotatable bonds is 3. The summed E-state index contributed by atoms with van der Waals surface area (Å²) >= 11 is 0. The molecule has 0 aromatic rings. The smallest absolute Gasteiger partial charge is 0.215 e. The molecule has 0 fully saturated rings. The summed E-state index contributed by atoms with van der Waals surface area (Å²) in [7, 11) is 3.54. The molecule has 1 unspecified atom stereocenters. The lowest BCUT2D eigenvalue weighted by Gasteiger charge is -2.24. The third-order valence-electron chi connectivity index (χ3n) is 1.11. The SMILES string of the molecule is CN(C)C(O)OCC(C)(C)C. The Morgan fingerprint density at radius 3 is 2.09 bits per heavy atom. The maximum Gasteiger partial charge on any atom is 0.215 e. The fourth-order valence-electron chi connectivity index (χ4n) is 0.474. The van der Waals surface area contributed by atoms with E-state index in [9.17, 15) is 5.11 Å². The molecule has 0 rings (SSSR count). The lowest BCUT2D eigenvalue weighted by atomic mass is 9.99. The summed E-state index contributed by atoms with van der Waals surface area (Å²) in [4.78, 5) is 1.62. The number of aliphatic hydroxyl groups is 1. The van der Waals surface area contributed by atoms with Crippen LogP contribution in [0, 0.1) is 5.41 Å². The van der Waals surface area contributed by atoms with Gasteiger partial charge in [0.1, 0.15) is 0 Å². The molecule has 11 heavy (non-hydrogen) atoms. The molecule has 3 nitrogen and oxygen atoms in total. The summed E-state index contributed by atoms with van der Waals surface area (Å²) in [6.07, 6.45) is -0.783. The molecule has 0 radical (unpaired) electrons. The van der Waals surface area contributed by atoms with Gasteiger partial charge >= 0.3 is 0 Å². The van der Waals surface area contributed by atoms with E-state index in [4.69, 9.17) is 4.74 Å². The lowest BCUT2D eigenvalue weighted by Crippen LogP contribution is -2.33. The summed E-state index contributed by atoms with van der Waals surface area (Å²) in [5.41, 5.74) is 0.108. The van der Waals surface area contributed by atoms with Crippen LogP contribution in [0.15, 0.2) is 0 Å². The number of aliphatic hydroxyl groups excluding tert-OH is 1. The fraction of sp³-hybridized carbons (Fsp3) is 1.00. The minimum absolute atomic E-state index is 0.108. The van der Waals surface area contributed by atoms with E-state index in [1.807, 2.05) is 0 Å². The van der Waals surface area contributed by atoms with E-state index in [-0.39, 0.29) is 5.41 Å². The normalized spacial score (nSPS) is 15.5. The van der Waals surface area contributed by atoms with Gasteiger partial charge in [-0.05, 0) is 19.5 Å². The van der Waals surface area contributed by atoms with Crippen LogP contribution in [-0.4, -0.2) is 37.1 Å². The third kappa shape index (κ3) is 6.28. The summed E-state index contributed by atoms with van der Waals surface area (Å²) in [5.74, 6) is 0. The van der Waals surface area contributed by atoms with Crippen LogP contribution in [0.3, 0.4) is 0 Å². The van der Waals surface area contributed by atoms with Crippen molar-refractivity contribution in [2.75, 3.05) is 20.7 Å². The standard InChI is InChI=1S/C8H19NO2/c1-8(2,3)6-11-7(10)9(4)5/h7,10H,6H2,1-5H3. The quantitative estimate of drug-likeness (QED) is 0.624. The van der Waals surface area contributed by atoms with Gasteiger partial charge < -0.3 is 9.84 Å². The Labute approximate surface area is 69.0 Å². The molecule has 0 saturated heterocycles. The first-order chi connectivity index (χ1) is 4.83. The fourth-order valence-corrected chi connectivity index (χ4v) is 0.474. The zero-order valence-corrected chi connectivity index (χ0v) is 8.09. The first-order valence-electron chi connectivity index (χ1n) is 3.79. The first-order valence-corrected chi connectivity index (χ1v) is 3.79. The van der Waals surface area contributed by atoms with Gasteiger partial charge in [-0.1, -0.05) is 20.8 Å². The molecular formula is C8H19NO2. The predicted molar refractivity (Wildman–Crippen MR) is 45.1 cm³/mol. The zero-order valence-electron chi connectivity index (χ0n) is 8.09. The monoisotopic (exact) mass is 161 g/mol. The molecule has 0 aliphatic carbocycles. The van der Waals surface area contributed by atoms with Crippen LogP contribution in [0.4, 0.5) is 0 Å². The zero-order chi connectivity index (χ0) is 9.07. The predicted octanol–water partition coefficient (Wildman–Crippen LogP) is 0.887. The molecular weight excluding hydrogens is 142 g/mol. The second kappa shape index (κ2) is 4.04. The topological polar surface area (TPSA) is 32.7 Å². The largest absolute Gasteiger partial charge is 0.356 e.